The molecule has 3 heterocycles. The van der Waals surface area contributed by atoms with Crippen LogP contribution in [0.5, 0.6) is 0 Å². The molecule has 2 aliphatic heterocycles. The van der Waals surface area contributed by atoms with Gasteiger partial charge in [0.05, 0.1) is 0 Å². The summed E-state index contributed by atoms with van der Waals surface area (Å²) in [5.74, 6) is -2.82. The number of anilines is 2. The smallest absolute Gasteiger partial charge is 0.351 e. The Morgan fingerprint density at radius 1 is 1.21 bits per heavy atom. The van der Waals surface area contributed by atoms with E-state index in [0.717, 1.165) is 37.3 Å². The number of rotatable bonds is 3. The number of nitrogens with one attached hydrogen (secondary N) is 1. The lowest BCUT2D eigenvalue weighted by molar-refractivity contribution is 0.445. The van der Waals surface area contributed by atoms with E-state index < -0.39 is 17.5 Å². The maximum absolute atomic E-state index is 13.2. The van der Waals surface area contributed by atoms with Crippen molar-refractivity contribution in [1.82, 2.24) is 9.55 Å². The first-order valence-corrected chi connectivity index (χ1v) is 7.79. The molecule has 24 heavy (non-hydrogen) atoms. The minimum Gasteiger partial charge on any atom is -0.366 e. The van der Waals surface area contributed by atoms with Gasteiger partial charge in [-0.1, -0.05) is 0 Å². The van der Waals surface area contributed by atoms with Crippen LogP contribution in [0.1, 0.15) is 18.4 Å². The molecule has 1 saturated heterocycles. The van der Waals surface area contributed by atoms with Crippen molar-refractivity contribution in [2.75, 3.05) is 16.8 Å². The molecule has 0 saturated carbocycles. The Hall–Kier alpha value is -2.51. The number of aromatic nitrogens is 2. The summed E-state index contributed by atoms with van der Waals surface area (Å²) in [7, 11) is 0. The first-order chi connectivity index (χ1) is 11.5. The topological polar surface area (TPSA) is 50.2 Å². The van der Waals surface area contributed by atoms with Gasteiger partial charge in [0.25, 0.3) is 0 Å². The average molecular weight is 336 g/mol. The highest BCUT2D eigenvalue weighted by Gasteiger charge is 2.34. The van der Waals surface area contributed by atoms with Gasteiger partial charge >= 0.3 is 5.69 Å². The van der Waals surface area contributed by atoms with E-state index in [-0.39, 0.29) is 17.8 Å². The second-order valence-electron chi connectivity index (χ2n) is 6.11. The molecule has 1 fully saturated rings. The number of hydrogen-bond donors (Lipinski definition) is 1. The van der Waals surface area contributed by atoms with Gasteiger partial charge in [-0.3, -0.25) is 4.57 Å². The van der Waals surface area contributed by atoms with Crippen LogP contribution in [0.2, 0.25) is 0 Å². The summed E-state index contributed by atoms with van der Waals surface area (Å²) in [6.45, 7) is 1.59. The second kappa shape index (κ2) is 5.54. The molecule has 8 heteroatoms. The second-order valence-corrected chi connectivity index (χ2v) is 6.11. The van der Waals surface area contributed by atoms with Gasteiger partial charge < -0.3 is 10.2 Å². The molecule has 1 aromatic carbocycles. The van der Waals surface area contributed by atoms with Crippen LogP contribution in [0.25, 0.3) is 0 Å². The van der Waals surface area contributed by atoms with Gasteiger partial charge in [-0.05, 0) is 30.5 Å². The van der Waals surface area contributed by atoms with Crippen molar-refractivity contribution in [1.29, 1.82) is 0 Å². The maximum Gasteiger partial charge on any atom is 0.351 e. The van der Waals surface area contributed by atoms with Crippen molar-refractivity contribution in [3.05, 3.63) is 51.7 Å². The summed E-state index contributed by atoms with van der Waals surface area (Å²) in [5.41, 5.74) is -0.117. The van der Waals surface area contributed by atoms with Crippen LogP contribution < -0.4 is 15.9 Å². The van der Waals surface area contributed by atoms with Crippen molar-refractivity contribution in [2.24, 2.45) is 0 Å². The molecule has 0 bridgehead atoms. The summed E-state index contributed by atoms with van der Waals surface area (Å²) < 4.78 is 41.1. The summed E-state index contributed by atoms with van der Waals surface area (Å²) in [6.07, 6.45) is 2.15. The van der Waals surface area contributed by atoms with Gasteiger partial charge in [-0.15, -0.1) is 0 Å². The zero-order chi connectivity index (χ0) is 16.8. The Morgan fingerprint density at radius 3 is 2.71 bits per heavy atom. The summed E-state index contributed by atoms with van der Waals surface area (Å²) >= 11 is 0. The number of hydrogen-bond acceptors (Lipinski definition) is 4. The standard InChI is InChI=1S/C16H15F3N4O/c17-11-4-9(5-12(18)15(11)19)7-20-13-6-14-22-3-1-2-10(22)8-23(14)16(24)21-13/h4-6,10H,1-3,7-8H2,(H,20,21,24). The van der Waals surface area contributed by atoms with E-state index >= 15 is 0 Å². The molecule has 0 aliphatic carbocycles. The van der Waals surface area contributed by atoms with Crippen molar-refractivity contribution >= 4 is 11.6 Å². The molecular formula is C16H15F3N4O. The molecule has 2 aliphatic rings. The average Bonchev–Trinajstić information content (AvgIpc) is 3.12. The Labute approximate surface area is 135 Å². The van der Waals surface area contributed by atoms with Crippen molar-refractivity contribution in [2.45, 2.75) is 32.0 Å². The zero-order valence-corrected chi connectivity index (χ0v) is 12.7. The molecule has 126 valence electrons. The van der Waals surface area contributed by atoms with Gasteiger partial charge in [0.15, 0.2) is 17.5 Å². The molecular weight excluding hydrogens is 321 g/mol. The normalized spacial score (nSPS) is 18.6. The summed E-state index contributed by atoms with van der Waals surface area (Å²) in [6, 6.07) is 3.95. The van der Waals surface area contributed by atoms with E-state index in [4.69, 9.17) is 0 Å². The van der Waals surface area contributed by atoms with E-state index in [0.29, 0.717) is 18.4 Å². The van der Waals surface area contributed by atoms with E-state index in [1.165, 1.54) is 0 Å². The van der Waals surface area contributed by atoms with Gasteiger partial charge in [0.1, 0.15) is 11.6 Å². The number of nitrogens with zero attached hydrogens (tertiary/aromatic N) is 3. The number of fused-ring (bicyclic) bond motifs is 3. The van der Waals surface area contributed by atoms with Gasteiger partial charge in [0.2, 0.25) is 0 Å². The maximum atomic E-state index is 13.2. The molecule has 2 aromatic rings. The SMILES string of the molecule is O=c1nc(NCc2cc(F)c(F)c(F)c2)cc2n1CC1CCCN21. The third-order valence-electron chi connectivity index (χ3n) is 4.57. The fourth-order valence-corrected chi connectivity index (χ4v) is 3.43. The molecule has 0 spiro atoms. The highest BCUT2D eigenvalue weighted by Crippen LogP contribution is 2.32. The van der Waals surface area contributed by atoms with Crippen molar-refractivity contribution in [3.63, 3.8) is 0 Å². The highest BCUT2D eigenvalue weighted by atomic mass is 19.2. The van der Waals surface area contributed by atoms with Gasteiger partial charge in [0, 0.05) is 31.7 Å². The third kappa shape index (κ3) is 2.42. The van der Waals surface area contributed by atoms with Crippen molar-refractivity contribution in [3.8, 4) is 0 Å². The Bertz CT molecular complexity index is 844. The minimum atomic E-state index is -1.49. The highest BCUT2D eigenvalue weighted by molar-refractivity contribution is 5.53. The van der Waals surface area contributed by atoms with Crippen LogP contribution in [0, 0.1) is 17.5 Å². The van der Waals surface area contributed by atoms with Crippen LogP contribution in [-0.4, -0.2) is 22.1 Å². The van der Waals surface area contributed by atoms with Crippen LogP contribution in [-0.2, 0) is 13.1 Å². The molecule has 0 radical (unpaired) electrons. The first-order valence-electron chi connectivity index (χ1n) is 7.79. The van der Waals surface area contributed by atoms with E-state index in [1.54, 1.807) is 10.6 Å². The van der Waals surface area contributed by atoms with Crippen LogP contribution in [0.4, 0.5) is 24.8 Å². The monoisotopic (exact) mass is 336 g/mol. The third-order valence-corrected chi connectivity index (χ3v) is 4.57. The fourth-order valence-electron chi connectivity index (χ4n) is 3.43. The lowest BCUT2D eigenvalue weighted by Crippen LogP contribution is -2.24. The van der Waals surface area contributed by atoms with Crippen LogP contribution in [0.3, 0.4) is 0 Å². The predicted octanol–water partition coefficient (Wildman–Crippen LogP) is 2.26. The molecule has 1 unspecified atom stereocenters. The molecule has 4 rings (SSSR count). The molecule has 5 nitrogen and oxygen atoms in total. The fraction of sp³-hybridized carbons (Fsp3) is 0.375. The van der Waals surface area contributed by atoms with Gasteiger partial charge in [-0.2, -0.15) is 4.98 Å². The minimum absolute atomic E-state index is 0.0352. The van der Waals surface area contributed by atoms with Gasteiger partial charge in [-0.25, -0.2) is 18.0 Å². The Morgan fingerprint density at radius 2 is 1.96 bits per heavy atom. The summed E-state index contributed by atoms with van der Waals surface area (Å²) in [5, 5.41) is 2.88. The van der Waals surface area contributed by atoms with Crippen LogP contribution >= 0.6 is 0 Å². The number of benzene rings is 1. The lowest BCUT2D eigenvalue weighted by atomic mass is 10.2. The lowest BCUT2D eigenvalue weighted by Gasteiger charge is -2.17. The molecule has 1 atom stereocenters. The Balaban J connectivity index is 1.57. The molecule has 1 aromatic heterocycles. The number of halogens is 3. The largest absolute Gasteiger partial charge is 0.366 e. The molecule has 0 amide bonds. The van der Waals surface area contributed by atoms with E-state index in [9.17, 15) is 18.0 Å². The van der Waals surface area contributed by atoms with Crippen LogP contribution in [0.15, 0.2) is 23.0 Å². The Kier molecular flexibility index (Phi) is 3.47. The predicted molar refractivity (Wildman–Crippen MR) is 82.5 cm³/mol. The zero-order valence-electron chi connectivity index (χ0n) is 12.7. The quantitative estimate of drug-likeness (QED) is 0.874. The van der Waals surface area contributed by atoms with E-state index in [2.05, 4.69) is 15.2 Å². The summed E-state index contributed by atoms with van der Waals surface area (Å²) in [4.78, 5) is 18.3. The van der Waals surface area contributed by atoms with Crippen molar-refractivity contribution < 1.29 is 13.2 Å². The first kappa shape index (κ1) is 15.0. The van der Waals surface area contributed by atoms with E-state index in [1.807, 2.05) is 0 Å². The molecule has 1 N–H and O–H groups in total.